The van der Waals surface area contributed by atoms with Crippen molar-refractivity contribution >= 4 is 17.4 Å². The molecule has 0 saturated heterocycles. The number of hydrogen-bond donors (Lipinski definition) is 1. The lowest BCUT2D eigenvalue weighted by Gasteiger charge is -2.18. The molecule has 0 aliphatic heterocycles. The van der Waals surface area contributed by atoms with Gasteiger partial charge in [0, 0.05) is 0 Å². The normalized spacial score (nSPS) is 14.3. The first kappa shape index (κ1) is 14.4. The van der Waals surface area contributed by atoms with Crippen LogP contribution in [0.25, 0.3) is 11.6 Å². The molecule has 1 aliphatic carbocycles. The molecule has 1 N–H and O–H groups in total. The zero-order chi connectivity index (χ0) is 15.5. The first-order chi connectivity index (χ1) is 10.7. The van der Waals surface area contributed by atoms with Gasteiger partial charge in [-0.25, -0.2) is 0 Å². The van der Waals surface area contributed by atoms with E-state index in [9.17, 15) is 0 Å². The average Bonchev–Trinajstić information content (AvgIpc) is 2.60. The van der Waals surface area contributed by atoms with Crippen molar-refractivity contribution in [1.29, 1.82) is 0 Å². The number of nitrogens with zero attached hydrogens (tertiary/aromatic N) is 1. The van der Waals surface area contributed by atoms with Crippen molar-refractivity contribution in [2.24, 2.45) is 5.16 Å². The molecule has 0 saturated carbocycles. The molecular formula is C19H19NO2. The molecule has 3 heteroatoms. The number of allylic oxidation sites excluding steroid dienone is 1. The molecule has 0 bridgehead atoms. The maximum Gasteiger partial charge on any atom is 0.119 e. The highest BCUT2D eigenvalue weighted by molar-refractivity contribution is 5.99. The number of hydrogen-bond acceptors (Lipinski definition) is 3. The van der Waals surface area contributed by atoms with E-state index >= 15 is 0 Å². The Kier molecular flexibility index (Phi) is 3.96. The van der Waals surface area contributed by atoms with Gasteiger partial charge in [-0.2, -0.15) is 0 Å². The molecule has 2 aromatic rings. The number of ether oxygens (including phenoxy) is 1. The number of benzene rings is 2. The molecule has 3 nitrogen and oxygen atoms in total. The van der Waals surface area contributed by atoms with Crippen LogP contribution in [0.1, 0.15) is 35.6 Å². The van der Waals surface area contributed by atoms with Gasteiger partial charge in [-0.1, -0.05) is 35.5 Å². The van der Waals surface area contributed by atoms with Gasteiger partial charge in [-0.15, -0.1) is 0 Å². The van der Waals surface area contributed by atoms with E-state index in [2.05, 4.69) is 35.5 Å². The Balaban J connectivity index is 1.97. The summed E-state index contributed by atoms with van der Waals surface area (Å²) in [6, 6.07) is 14.4. The van der Waals surface area contributed by atoms with Gasteiger partial charge in [0.1, 0.15) is 5.75 Å². The summed E-state index contributed by atoms with van der Waals surface area (Å²) in [4.78, 5) is 0. The minimum atomic E-state index is 0.628. The van der Waals surface area contributed by atoms with Crippen LogP contribution in [0.4, 0.5) is 0 Å². The molecule has 0 aromatic heterocycles. The second-order valence-corrected chi connectivity index (χ2v) is 5.50. The van der Waals surface area contributed by atoms with E-state index in [0.717, 1.165) is 24.2 Å². The third kappa shape index (κ3) is 2.75. The number of methoxy groups -OCH3 is 1. The molecular weight excluding hydrogens is 274 g/mol. The lowest BCUT2D eigenvalue weighted by atomic mass is 9.88. The van der Waals surface area contributed by atoms with Crippen LogP contribution >= 0.6 is 0 Å². The van der Waals surface area contributed by atoms with Crippen molar-refractivity contribution in [2.45, 2.75) is 19.8 Å². The third-order valence-corrected chi connectivity index (χ3v) is 4.14. The fourth-order valence-electron chi connectivity index (χ4n) is 2.83. The highest BCUT2D eigenvalue weighted by Crippen LogP contribution is 2.32. The highest BCUT2D eigenvalue weighted by Gasteiger charge is 2.13. The molecule has 0 radical (unpaired) electrons. The Labute approximate surface area is 130 Å². The lowest BCUT2D eigenvalue weighted by molar-refractivity contribution is 0.319. The van der Waals surface area contributed by atoms with E-state index < -0.39 is 0 Å². The molecule has 0 atom stereocenters. The van der Waals surface area contributed by atoms with Gasteiger partial charge in [0.25, 0.3) is 0 Å². The van der Waals surface area contributed by atoms with Crippen LogP contribution in [0.2, 0.25) is 0 Å². The Bertz CT molecular complexity index is 760. The van der Waals surface area contributed by atoms with Crippen LogP contribution in [0.15, 0.2) is 47.6 Å². The minimum Gasteiger partial charge on any atom is -0.497 e. The fourth-order valence-corrected chi connectivity index (χ4v) is 2.83. The van der Waals surface area contributed by atoms with Crippen molar-refractivity contribution in [1.82, 2.24) is 0 Å². The van der Waals surface area contributed by atoms with Crippen molar-refractivity contribution in [3.8, 4) is 5.75 Å². The number of rotatable bonds is 3. The standard InChI is InChI=1S/C19H19NO2/c1-13(20-21)14-4-3-5-15(10-14)16-6-7-18-12-19(22-2)9-8-17(18)11-16/h3-5,8-12,21H,6-7H2,1-2H3/b20-13+. The predicted octanol–water partition coefficient (Wildman–Crippen LogP) is 4.38. The summed E-state index contributed by atoms with van der Waals surface area (Å²) in [5.41, 5.74) is 6.64. The summed E-state index contributed by atoms with van der Waals surface area (Å²) < 4.78 is 5.29. The largest absolute Gasteiger partial charge is 0.497 e. The van der Waals surface area contributed by atoms with E-state index in [1.807, 2.05) is 18.2 Å². The first-order valence-electron chi connectivity index (χ1n) is 7.38. The SMILES string of the molecule is COc1ccc2c(c1)CCC(c1cccc(/C(C)=N/O)c1)=C2. The molecule has 2 aromatic carbocycles. The third-order valence-electron chi connectivity index (χ3n) is 4.14. The first-order valence-corrected chi connectivity index (χ1v) is 7.38. The smallest absolute Gasteiger partial charge is 0.119 e. The van der Waals surface area contributed by atoms with Crippen molar-refractivity contribution in [3.05, 3.63) is 64.7 Å². The monoisotopic (exact) mass is 293 g/mol. The van der Waals surface area contributed by atoms with Crippen LogP contribution in [-0.4, -0.2) is 18.0 Å². The van der Waals surface area contributed by atoms with Crippen LogP contribution in [0.3, 0.4) is 0 Å². The molecule has 112 valence electrons. The Morgan fingerprint density at radius 2 is 2.00 bits per heavy atom. The van der Waals surface area contributed by atoms with E-state index in [1.165, 1.54) is 22.3 Å². The van der Waals surface area contributed by atoms with Crippen molar-refractivity contribution in [2.75, 3.05) is 7.11 Å². The summed E-state index contributed by atoms with van der Waals surface area (Å²) in [5, 5.41) is 12.2. The summed E-state index contributed by atoms with van der Waals surface area (Å²) in [6.45, 7) is 1.80. The van der Waals surface area contributed by atoms with Gasteiger partial charge < -0.3 is 9.94 Å². The quantitative estimate of drug-likeness (QED) is 0.518. The molecule has 0 fully saturated rings. The topological polar surface area (TPSA) is 41.8 Å². The predicted molar refractivity (Wildman–Crippen MR) is 89.6 cm³/mol. The minimum absolute atomic E-state index is 0.628. The maximum absolute atomic E-state index is 8.93. The zero-order valence-electron chi connectivity index (χ0n) is 12.8. The van der Waals surface area contributed by atoms with E-state index in [1.54, 1.807) is 14.0 Å². The Morgan fingerprint density at radius 3 is 2.77 bits per heavy atom. The summed E-state index contributed by atoms with van der Waals surface area (Å²) >= 11 is 0. The van der Waals surface area contributed by atoms with Crippen LogP contribution in [0.5, 0.6) is 5.75 Å². The molecule has 0 heterocycles. The molecule has 0 spiro atoms. The second kappa shape index (κ2) is 6.06. The van der Waals surface area contributed by atoms with E-state index in [-0.39, 0.29) is 0 Å². The van der Waals surface area contributed by atoms with Crippen LogP contribution < -0.4 is 4.74 Å². The average molecular weight is 293 g/mol. The molecule has 0 amide bonds. The van der Waals surface area contributed by atoms with Gasteiger partial charge in [0.2, 0.25) is 0 Å². The molecule has 1 aliphatic rings. The van der Waals surface area contributed by atoms with E-state index in [4.69, 9.17) is 9.94 Å². The van der Waals surface area contributed by atoms with Gasteiger partial charge >= 0.3 is 0 Å². The summed E-state index contributed by atoms with van der Waals surface area (Å²) in [7, 11) is 1.70. The maximum atomic E-state index is 8.93. The second-order valence-electron chi connectivity index (χ2n) is 5.50. The number of aryl methyl sites for hydroxylation is 1. The summed E-state index contributed by atoms with van der Waals surface area (Å²) in [5.74, 6) is 0.910. The highest BCUT2D eigenvalue weighted by atomic mass is 16.5. The lowest BCUT2D eigenvalue weighted by Crippen LogP contribution is -2.01. The molecule has 3 rings (SSSR count). The molecule has 22 heavy (non-hydrogen) atoms. The van der Waals surface area contributed by atoms with Crippen LogP contribution in [-0.2, 0) is 6.42 Å². The van der Waals surface area contributed by atoms with Crippen molar-refractivity contribution in [3.63, 3.8) is 0 Å². The zero-order valence-corrected chi connectivity index (χ0v) is 12.8. The van der Waals surface area contributed by atoms with Gasteiger partial charge in [0.05, 0.1) is 12.8 Å². The Morgan fingerprint density at radius 1 is 1.14 bits per heavy atom. The van der Waals surface area contributed by atoms with E-state index in [0.29, 0.717) is 5.71 Å². The number of fused-ring (bicyclic) bond motifs is 1. The van der Waals surface area contributed by atoms with Crippen LogP contribution in [0, 0.1) is 0 Å². The molecule has 0 unspecified atom stereocenters. The summed E-state index contributed by atoms with van der Waals surface area (Å²) in [6.07, 6.45) is 4.25. The number of oxime groups is 1. The van der Waals surface area contributed by atoms with Gasteiger partial charge in [-0.3, -0.25) is 0 Å². The van der Waals surface area contributed by atoms with Gasteiger partial charge in [0.15, 0.2) is 0 Å². The fraction of sp³-hybridized carbons (Fsp3) is 0.211. The van der Waals surface area contributed by atoms with Crippen molar-refractivity contribution < 1.29 is 9.94 Å². The van der Waals surface area contributed by atoms with Gasteiger partial charge in [-0.05, 0) is 65.8 Å². The Hall–Kier alpha value is -2.55.